The van der Waals surface area contributed by atoms with Gasteiger partial charge in [0.15, 0.2) is 0 Å². The molecular formula is C17H27ClN2O2. The highest BCUT2D eigenvalue weighted by atomic mass is 35.5. The lowest BCUT2D eigenvalue weighted by molar-refractivity contribution is -0.121. The topological polar surface area (TPSA) is 64.3 Å². The average Bonchev–Trinajstić information content (AvgIpc) is 2.95. The highest BCUT2D eigenvalue weighted by Gasteiger charge is 2.36. The zero-order chi connectivity index (χ0) is 15.3. The van der Waals surface area contributed by atoms with Gasteiger partial charge in [-0.3, -0.25) is 4.79 Å². The number of carbonyl (C=O) groups excluding carboxylic acids is 1. The summed E-state index contributed by atoms with van der Waals surface area (Å²) in [6.45, 7) is 2.54. The number of amides is 1. The smallest absolute Gasteiger partial charge is 0.221 e. The Labute approximate surface area is 139 Å². The molecule has 1 aliphatic carbocycles. The van der Waals surface area contributed by atoms with Crippen LogP contribution in [0.15, 0.2) is 24.3 Å². The molecule has 2 rings (SSSR count). The van der Waals surface area contributed by atoms with Gasteiger partial charge in [-0.1, -0.05) is 25.0 Å². The number of ether oxygens (including phenoxy) is 1. The minimum atomic E-state index is -0.0960. The van der Waals surface area contributed by atoms with E-state index in [1.165, 1.54) is 18.4 Å². The van der Waals surface area contributed by atoms with Gasteiger partial charge in [0.2, 0.25) is 5.91 Å². The normalized spacial score (nSPS) is 17.4. The summed E-state index contributed by atoms with van der Waals surface area (Å²) >= 11 is 0. The molecule has 1 aromatic carbocycles. The first-order valence-electron chi connectivity index (χ1n) is 7.72. The Morgan fingerprint density at radius 1 is 1.41 bits per heavy atom. The zero-order valence-corrected chi connectivity index (χ0v) is 14.2. The van der Waals surface area contributed by atoms with E-state index in [-0.39, 0.29) is 29.8 Å². The van der Waals surface area contributed by atoms with Crippen molar-refractivity contribution in [3.63, 3.8) is 0 Å². The molecule has 124 valence electrons. The second-order valence-corrected chi connectivity index (χ2v) is 6.18. The first-order chi connectivity index (χ1) is 10.1. The van der Waals surface area contributed by atoms with Crippen LogP contribution in [0.3, 0.4) is 0 Å². The lowest BCUT2D eigenvalue weighted by Crippen LogP contribution is -2.40. The van der Waals surface area contributed by atoms with Crippen molar-refractivity contribution < 1.29 is 9.53 Å². The van der Waals surface area contributed by atoms with E-state index in [1.54, 1.807) is 7.11 Å². The fourth-order valence-corrected chi connectivity index (χ4v) is 3.20. The summed E-state index contributed by atoms with van der Waals surface area (Å²) in [4.78, 5) is 11.9. The van der Waals surface area contributed by atoms with Crippen molar-refractivity contribution in [3.05, 3.63) is 29.8 Å². The van der Waals surface area contributed by atoms with Gasteiger partial charge in [-0.15, -0.1) is 12.4 Å². The predicted octanol–water partition coefficient (Wildman–Crippen LogP) is 2.78. The van der Waals surface area contributed by atoms with E-state index >= 15 is 0 Å². The van der Waals surface area contributed by atoms with Gasteiger partial charge in [0, 0.05) is 24.4 Å². The van der Waals surface area contributed by atoms with Crippen LogP contribution in [0.5, 0.6) is 5.75 Å². The third kappa shape index (κ3) is 4.62. The van der Waals surface area contributed by atoms with Crippen molar-refractivity contribution in [2.45, 2.75) is 50.5 Å². The van der Waals surface area contributed by atoms with Gasteiger partial charge >= 0.3 is 0 Å². The van der Waals surface area contributed by atoms with Crippen molar-refractivity contribution in [3.8, 4) is 5.75 Å². The van der Waals surface area contributed by atoms with Crippen molar-refractivity contribution in [2.75, 3.05) is 13.7 Å². The monoisotopic (exact) mass is 326 g/mol. The van der Waals surface area contributed by atoms with Crippen LogP contribution in [-0.4, -0.2) is 25.6 Å². The van der Waals surface area contributed by atoms with Crippen LogP contribution in [0, 0.1) is 0 Å². The van der Waals surface area contributed by atoms with Gasteiger partial charge in [-0.25, -0.2) is 0 Å². The molecule has 0 heterocycles. The van der Waals surface area contributed by atoms with Crippen LogP contribution in [0.1, 0.15) is 44.6 Å². The van der Waals surface area contributed by atoms with Crippen molar-refractivity contribution >= 4 is 18.3 Å². The lowest BCUT2D eigenvalue weighted by atomic mass is 9.78. The number of benzene rings is 1. The van der Waals surface area contributed by atoms with Crippen LogP contribution in [-0.2, 0) is 10.2 Å². The molecule has 4 nitrogen and oxygen atoms in total. The molecular weight excluding hydrogens is 300 g/mol. The number of methoxy groups -OCH3 is 1. The second-order valence-electron chi connectivity index (χ2n) is 6.18. The molecule has 0 bridgehead atoms. The molecule has 3 N–H and O–H groups in total. The standard InChI is InChI=1S/C17H26N2O2.ClH/c1-13(18)10-16(20)19-12-17(8-3-4-9-17)14-6-5-7-15(11-14)21-2;/h5-7,11,13H,3-4,8-10,12,18H2,1-2H3,(H,19,20);1H. The SMILES string of the molecule is COc1cccc(C2(CNC(=O)CC(C)N)CCCC2)c1.Cl. The van der Waals surface area contributed by atoms with E-state index in [1.807, 2.05) is 19.1 Å². The third-order valence-electron chi connectivity index (χ3n) is 4.37. The largest absolute Gasteiger partial charge is 0.497 e. The molecule has 1 aliphatic rings. The van der Waals surface area contributed by atoms with Gasteiger partial charge in [0.25, 0.3) is 0 Å². The summed E-state index contributed by atoms with van der Waals surface area (Å²) in [5.74, 6) is 0.917. The summed E-state index contributed by atoms with van der Waals surface area (Å²) in [6.07, 6.45) is 5.02. The minimum absolute atomic E-state index is 0. The number of rotatable bonds is 6. The number of carbonyl (C=O) groups is 1. The highest BCUT2D eigenvalue weighted by Crippen LogP contribution is 2.41. The Hall–Kier alpha value is -1.26. The molecule has 0 saturated heterocycles. The van der Waals surface area contributed by atoms with Gasteiger partial charge in [0.05, 0.1) is 7.11 Å². The summed E-state index contributed by atoms with van der Waals surface area (Å²) in [5, 5.41) is 3.07. The third-order valence-corrected chi connectivity index (χ3v) is 4.37. The van der Waals surface area contributed by atoms with Crippen LogP contribution in [0.4, 0.5) is 0 Å². The van der Waals surface area contributed by atoms with Crippen LogP contribution >= 0.6 is 12.4 Å². The fraction of sp³-hybridized carbons (Fsp3) is 0.588. The average molecular weight is 327 g/mol. The molecule has 1 saturated carbocycles. The molecule has 1 amide bonds. The van der Waals surface area contributed by atoms with Crippen molar-refractivity contribution in [1.82, 2.24) is 5.32 Å². The Morgan fingerprint density at radius 3 is 2.68 bits per heavy atom. The summed E-state index contributed by atoms with van der Waals surface area (Å²) < 4.78 is 5.33. The Kier molecular flexibility index (Phi) is 7.17. The van der Waals surface area contributed by atoms with Crippen molar-refractivity contribution in [2.24, 2.45) is 5.73 Å². The number of hydrogen-bond acceptors (Lipinski definition) is 3. The Bertz CT molecular complexity index is 485. The van der Waals surface area contributed by atoms with Gasteiger partial charge < -0.3 is 15.8 Å². The van der Waals surface area contributed by atoms with E-state index in [0.717, 1.165) is 18.6 Å². The molecule has 0 aromatic heterocycles. The molecule has 22 heavy (non-hydrogen) atoms. The molecule has 1 atom stereocenters. The quantitative estimate of drug-likeness (QED) is 0.845. The summed E-state index contributed by atoms with van der Waals surface area (Å²) in [6, 6.07) is 8.13. The Balaban J connectivity index is 0.00000242. The number of halogens is 1. The van der Waals surface area contributed by atoms with Gasteiger partial charge in [-0.05, 0) is 37.5 Å². The number of nitrogens with two attached hydrogens (primary N) is 1. The molecule has 1 fully saturated rings. The van der Waals surface area contributed by atoms with Crippen LogP contribution < -0.4 is 15.8 Å². The first kappa shape index (κ1) is 18.8. The number of nitrogens with one attached hydrogen (secondary N) is 1. The molecule has 5 heteroatoms. The van der Waals surface area contributed by atoms with Gasteiger partial charge in [-0.2, -0.15) is 0 Å². The van der Waals surface area contributed by atoms with Gasteiger partial charge in [0.1, 0.15) is 5.75 Å². The van der Waals surface area contributed by atoms with E-state index in [4.69, 9.17) is 10.5 Å². The molecule has 0 radical (unpaired) electrons. The minimum Gasteiger partial charge on any atom is -0.497 e. The van der Waals surface area contributed by atoms with Crippen LogP contribution in [0.2, 0.25) is 0 Å². The summed E-state index contributed by atoms with van der Waals surface area (Å²) in [5.41, 5.74) is 6.99. The fourth-order valence-electron chi connectivity index (χ4n) is 3.20. The summed E-state index contributed by atoms with van der Waals surface area (Å²) in [7, 11) is 1.69. The maximum absolute atomic E-state index is 11.9. The second kappa shape index (κ2) is 8.39. The maximum Gasteiger partial charge on any atom is 0.221 e. The molecule has 0 spiro atoms. The molecule has 1 aromatic rings. The lowest BCUT2D eigenvalue weighted by Gasteiger charge is -2.30. The van der Waals surface area contributed by atoms with Crippen molar-refractivity contribution in [1.29, 1.82) is 0 Å². The predicted molar refractivity (Wildman–Crippen MR) is 91.7 cm³/mol. The highest BCUT2D eigenvalue weighted by molar-refractivity contribution is 5.85. The maximum atomic E-state index is 11.9. The van der Waals surface area contributed by atoms with E-state index in [9.17, 15) is 4.79 Å². The van der Waals surface area contributed by atoms with E-state index in [0.29, 0.717) is 13.0 Å². The van der Waals surface area contributed by atoms with E-state index in [2.05, 4.69) is 17.4 Å². The first-order valence-corrected chi connectivity index (χ1v) is 7.72. The van der Waals surface area contributed by atoms with Crippen LogP contribution in [0.25, 0.3) is 0 Å². The molecule has 0 aliphatic heterocycles. The zero-order valence-electron chi connectivity index (χ0n) is 13.4. The molecule has 1 unspecified atom stereocenters. The van der Waals surface area contributed by atoms with E-state index < -0.39 is 0 Å². The Morgan fingerprint density at radius 2 is 2.09 bits per heavy atom. The number of hydrogen-bond donors (Lipinski definition) is 2.